The maximum atomic E-state index is 10.5. The molecule has 0 aromatic heterocycles. The van der Waals surface area contributed by atoms with Gasteiger partial charge in [0.25, 0.3) is 0 Å². The summed E-state index contributed by atoms with van der Waals surface area (Å²) in [5, 5.41) is 0. The number of hydrogen-bond acceptors (Lipinski definition) is 5. The molecule has 5 heteroatoms. The van der Waals surface area contributed by atoms with Crippen LogP contribution in [-0.4, -0.2) is 25.0 Å². The van der Waals surface area contributed by atoms with Crippen LogP contribution in [0.3, 0.4) is 0 Å². The molecule has 0 aromatic carbocycles. The van der Waals surface area contributed by atoms with Crippen molar-refractivity contribution < 1.29 is 23.9 Å². The Morgan fingerprint density at radius 2 is 2.09 bits per heavy atom. The molecule has 1 radical (unpaired) electrons. The highest BCUT2D eigenvalue weighted by Crippen LogP contribution is 1.86. The molecule has 61 valence electrons. The quantitative estimate of drug-likeness (QED) is 0.315. The minimum Gasteiger partial charge on any atom is -0.457 e. The monoisotopic (exact) mass is 159 g/mol. The summed E-state index contributed by atoms with van der Waals surface area (Å²) in [5.41, 5.74) is 0. The summed E-state index contributed by atoms with van der Waals surface area (Å²) in [6.45, 7) is 2.13. The van der Waals surface area contributed by atoms with Crippen LogP contribution in [0.4, 0.5) is 0 Å². The van der Waals surface area contributed by atoms with Gasteiger partial charge in [-0.1, -0.05) is 0 Å². The van der Waals surface area contributed by atoms with Crippen LogP contribution in [-0.2, 0) is 23.9 Å². The van der Waals surface area contributed by atoms with Gasteiger partial charge in [0, 0.05) is 6.92 Å². The lowest BCUT2D eigenvalue weighted by atomic mass is 10.5. The molecule has 0 aliphatic rings. The molecule has 0 N–H and O–H groups in total. The van der Waals surface area contributed by atoms with Crippen LogP contribution in [0.5, 0.6) is 0 Å². The van der Waals surface area contributed by atoms with Crippen molar-refractivity contribution in [3.63, 3.8) is 0 Å². The molecule has 0 spiro atoms. The Kier molecular flexibility index (Phi) is 4.72. The number of hydrogen-bond donors (Lipinski definition) is 0. The van der Waals surface area contributed by atoms with E-state index in [1.165, 1.54) is 0 Å². The van der Waals surface area contributed by atoms with E-state index in [4.69, 9.17) is 0 Å². The molecule has 0 saturated heterocycles. The predicted octanol–water partition coefficient (Wildman–Crippen LogP) is -0.450. The lowest BCUT2D eigenvalue weighted by Crippen LogP contribution is -2.11. The molecule has 11 heavy (non-hydrogen) atoms. The Bertz CT molecular complexity index is 162. The zero-order valence-corrected chi connectivity index (χ0v) is 5.96. The van der Waals surface area contributed by atoms with Gasteiger partial charge >= 0.3 is 18.4 Å². The molecule has 0 aromatic rings. The van der Waals surface area contributed by atoms with Gasteiger partial charge in [-0.15, -0.1) is 0 Å². The summed E-state index contributed by atoms with van der Waals surface area (Å²) in [7, 11) is 0. The van der Waals surface area contributed by atoms with E-state index in [0.29, 0.717) is 0 Å². The molecule has 0 amide bonds. The Morgan fingerprint density at radius 3 is 2.55 bits per heavy atom. The molecule has 0 aliphatic heterocycles. The third kappa shape index (κ3) is 6.50. The standard InChI is InChI=1S/C6H7O5/c1-5(8)11-6(9)2-3-10-4-7/h2-3H2,1H3. The van der Waals surface area contributed by atoms with Crippen molar-refractivity contribution in [2.45, 2.75) is 13.3 Å². The Labute approximate surface area is 63.3 Å². The second kappa shape index (κ2) is 5.40. The third-order valence-corrected chi connectivity index (χ3v) is 0.725. The van der Waals surface area contributed by atoms with Crippen molar-refractivity contribution in [2.24, 2.45) is 0 Å². The molecule has 0 bridgehead atoms. The Morgan fingerprint density at radius 1 is 1.45 bits per heavy atom. The molecule has 0 aliphatic carbocycles. The van der Waals surface area contributed by atoms with Gasteiger partial charge in [0.1, 0.15) is 6.61 Å². The summed E-state index contributed by atoms with van der Waals surface area (Å²) < 4.78 is 8.18. The van der Waals surface area contributed by atoms with E-state index in [0.717, 1.165) is 13.4 Å². The van der Waals surface area contributed by atoms with E-state index in [1.807, 2.05) is 0 Å². The minimum atomic E-state index is -0.715. The zero-order chi connectivity index (χ0) is 8.69. The first-order valence-corrected chi connectivity index (χ1v) is 2.87. The summed E-state index contributed by atoms with van der Waals surface area (Å²) in [4.78, 5) is 30.0. The van der Waals surface area contributed by atoms with Crippen LogP contribution in [0.2, 0.25) is 0 Å². The highest BCUT2D eigenvalue weighted by molar-refractivity contribution is 5.84. The average Bonchev–Trinajstić information content (AvgIpc) is 1.86. The third-order valence-electron chi connectivity index (χ3n) is 0.725. The molecule has 0 fully saturated rings. The predicted molar refractivity (Wildman–Crippen MR) is 33.0 cm³/mol. The smallest absolute Gasteiger partial charge is 0.417 e. The Balaban J connectivity index is 3.37. The van der Waals surface area contributed by atoms with E-state index < -0.39 is 11.9 Å². The average molecular weight is 159 g/mol. The summed E-state index contributed by atoms with van der Waals surface area (Å²) in [6.07, 6.45) is -0.130. The molecular formula is C6H7O5. The molecule has 0 atom stereocenters. The number of carbonyl (C=O) groups is 2. The Hall–Kier alpha value is -1.39. The van der Waals surface area contributed by atoms with Crippen molar-refractivity contribution in [1.29, 1.82) is 0 Å². The van der Waals surface area contributed by atoms with E-state index >= 15 is 0 Å². The van der Waals surface area contributed by atoms with Gasteiger partial charge in [0.05, 0.1) is 6.42 Å². The van der Waals surface area contributed by atoms with Gasteiger partial charge in [-0.05, 0) is 0 Å². The lowest BCUT2D eigenvalue weighted by molar-refractivity contribution is -0.158. The van der Waals surface area contributed by atoms with E-state index in [2.05, 4.69) is 9.47 Å². The van der Waals surface area contributed by atoms with Crippen molar-refractivity contribution in [2.75, 3.05) is 6.61 Å². The lowest BCUT2D eigenvalue weighted by Gasteiger charge is -1.97. The first kappa shape index (κ1) is 9.61. The van der Waals surface area contributed by atoms with Gasteiger partial charge in [-0.25, -0.2) is 4.79 Å². The number of ether oxygens (including phenoxy) is 2. The molecule has 5 nitrogen and oxygen atoms in total. The van der Waals surface area contributed by atoms with Gasteiger partial charge in [0.15, 0.2) is 0 Å². The largest absolute Gasteiger partial charge is 0.457 e. The van der Waals surface area contributed by atoms with E-state index in [9.17, 15) is 14.4 Å². The normalized spacial score (nSPS) is 8.45. The topological polar surface area (TPSA) is 69.7 Å². The van der Waals surface area contributed by atoms with Crippen molar-refractivity contribution in [1.82, 2.24) is 0 Å². The number of esters is 2. The SMILES string of the molecule is CC(=O)OC(=O)CCO[C]=O. The summed E-state index contributed by atoms with van der Waals surface area (Å²) in [5.74, 6) is -1.39. The second-order valence-corrected chi connectivity index (χ2v) is 1.65. The van der Waals surface area contributed by atoms with Crippen LogP contribution in [0.1, 0.15) is 13.3 Å². The highest BCUT2D eigenvalue weighted by atomic mass is 16.6. The molecular weight excluding hydrogens is 152 g/mol. The molecule has 0 saturated carbocycles. The van der Waals surface area contributed by atoms with Crippen molar-refractivity contribution in [3.05, 3.63) is 0 Å². The van der Waals surface area contributed by atoms with Gasteiger partial charge < -0.3 is 9.47 Å². The first-order valence-electron chi connectivity index (χ1n) is 2.87. The van der Waals surface area contributed by atoms with Crippen LogP contribution in [0, 0.1) is 0 Å². The van der Waals surface area contributed by atoms with E-state index in [1.54, 1.807) is 0 Å². The molecule has 0 unspecified atom stereocenters. The fraction of sp³-hybridized carbons (Fsp3) is 0.500. The maximum absolute atomic E-state index is 10.5. The van der Waals surface area contributed by atoms with Crippen molar-refractivity contribution in [3.8, 4) is 0 Å². The maximum Gasteiger partial charge on any atom is 0.417 e. The van der Waals surface area contributed by atoms with Gasteiger partial charge in [-0.2, -0.15) is 0 Å². The van der Waals surface area contributed by atoms with Crippen LogP contribution in [0.25, 0.3) is 0 Å². The van der Waals surface area contributed by atoms with Crippen LogP contribution < -0.4 is 0 Å². The fourth-order valence-corrected chi connectivity index (χ4v) is 0.387. The van der Waals surface area contributed by atoms with Gasteiger partial charge in [-0.3, -0.25) is 9.59 Å². The second-order valence-electron chi connectivity index (χ2n) is 1.65. The first-order chi connectivity index (χ1) is 5.16. The molecule has 0 rings (SSSR count). The number of rotatable bonds is 4. The van der Waals surface area contributed by atoms with Gasteiger partial charge in [0.2, 0.25) is 0 Å². The summed E-state index contributed by atoms with van der Waals surface area (Å²) in [6, 6.07) is 0. The van der Waals surface area contributed by atoms with Crippen molar-refractivity contribution >= 4 is 18.4 Å². The highest BCUT2D eigenvalue weighted by Gasteiger charge is 2.04. The minimum absolute atomic E-state index is 0.115. The summed E-state index contributed by atoms with van der Waals surface area (Å²) >= 11 is 0. The zero-order valence-electron chi connectivity index (χ0n) is 5.96. The molecule has 0 heterocycles. The van der Waals surface area contributed by atoms with Crippen LogP contribution >= 0.6 is 0 Å². The van der Waals surface area contributed by atoms with Crippen LogP contribution in [0.15, 0.2) is 0 Å². The van der Waals surface area contributed by atoms with E-state index in [-0.39, 0.29) is 13.0 Å². The number of carbonyl (C=O) groups excluding carboxylic acids is 3. The fourth-order valence-electron chi connectivity index (χ4n) is 0.387.